The smallest absolute Gasteiger partial charge is 0.293 e. The van der Waals surface area contributed by atoms with Gasteiger partial charge in [0, 0.05) is 7.11 Å². The average Bonchev–Trinajstić information content (AvgIpc) is 1.82. The lowest BCUT2D eigenvalue weighted by Gasteiger charge is -2.32. The van der Waals surface area contributed by atoms with E-state index in [9.17, 15) is 4.79 Å². The standard InChI is InChI=1S/C6H10O3/c1-8-5-2-3-6(5)9-4-7/h4-6H,2-3H2,1H3. The van der Waals surface area contributed by atoms with E-state index in [2.05, 4.69) is 4.74 Å². The third-order valence-corrected chi connectivity index (χ3v) is 1.68. The summed E-state index contributed by atoms with van der Waals surface area (Å²) in [7, 11) is 1.63. The maximum atomic E-state index is 9.79. The summed E-state index contributed by atoms with van der Waals surface area (Å²) in [6, 6.07) is 0. The van der Waals surface area contributed by atoms with Crippen LogP contribution in [0.5, 0.6) is 0 Å². The fourth-order valence-electron chi connectivity index (χ4n) is 0.935. The van der Waals surface area contributed by atoms with Gasteiger partial charge < -0.3 is 9.47 Å². The molecule has 0 aromatic heterocycles. The van der Waals surface area contributed by atoms with Crippen molar-refractivity contribution < 1.29 is 14.3 Å². The van der Waals surface area contributed by atoms with Crippen LogP contribution in [0.2, 0.25) is 0 Å². The van der Waals surface area contributed by atoms with Gasteiger partial charge in [0.25, 0.3) is 6.47 Å². The second kappa shape index (κ2) is 2.82. The molecule has 0 aliphatic heterocycles. The molecule has 3 heteroatoms. The van der Waals surface area contributed by atoms with Gasteiger partial charge in [-0.15, -0.1) is 0 Å². The first-order valence-corrected chi connectivity index (χ1v) is 3.00. The average molecular weight is 130 g/mol. The van der Waals surface area contributed by atoms with Crippen LogP contribution in [0.3, 0.4) is 0 Å². The first-order valence-electron chi connectivity index (χ1n) is 3.00. The SMILES string of the molecule is COC1CCC1OC=O. The van der Waals surface area contributed by atoms with Crippen molar-refractivity contribution in [1.82, 2.24) is 0 Å². The summed E-state index contributed by atoms with van der Waals surface area (Å²) in [5, 5.41) is 0. The van der Waals surface area contributed by atoms with Gasteiger partial charge in [0.15, 0.2) is 0 Å². The van der Waals surface area contributed by atoms with Gasteiger partial charge in [-0.05, 0) is 12.8 Å². The number of carbonyl (C=O) groups excluding carboxylic acids is 1. The molecule has 1 fully saturated rings. The Morgan fingerprint density at radius 3 is 2.44 bits per heavy atom. The summed E-state index contributed by atoms with van der Waals surface area (Å²) < 4.78 is 9.64. The van der Waals surface area contributed by atoms with Crippen molar-refractivity contribution in [3.05, 3.63) is 0 Å². The zero-order chi connectivity index (χ0) is 6.69. The lowest BCUT2D eigenvalue weighted by molar-refractivity contribution is -0.152. The highest BCUT2D eigenvalue weighted by molar-refractivity contribution is 5.37. The molecule has 52 valence electrons. The fourth-order valence-corrected chi connectivity index (χ4v) is 0.935. The van der Waals surface area contributed by atoms with E-state index in [4.69, 9.17) is 4.74 Å². The first kappa shape index (κ1) is 6.55. The summed E-state index contributed by atoms with van der Waals surface area (Å²) in [5.74, 6) is 0. The van der Waals surface area contributed by atoms with Crippen LogP contribution in [0.15, 0.2) is 0 Å². The summed E-state index contributed by atoms with van der Waals surface area (Å²) in [5.41, 5.74) is 0. The summed E-state index contributed by atoms with van der Waals surface area (Å²) in [6.45, 7) is 0.482. The topological polar surface area (TPSA) is 35.5 Å². The Labute approximate surface area is 53.9 Å². The highest BCUT2D eigenvalue weighted by atomic mass is 16.6. The van der Waals surface area contributed by atoms with E-state index < -0.39 is 0 Å². The van der Waals surface area contributed by atoms with Crippen molar-refractivity contribution in [3.63, 3.8) is 0 Å². The van der Waals surface area contributed by atoms with E-state index in [0.29, 0.717) is 6.47 Å². The first-order chi connectivity index (χ1) is 4.38. The number of rotatable bonds is 3. The highest BCUT2D eigenvalue weighted by Gasteiger charge is 2.32. The minimum atomic E-state index is 0.0208. The normalized spacial score (nSPS) is 33.0. The Balaban J connectivity index is 2.18. The lowest BCUT2D eigenvalue weighted by Crippen LogP contribution is -2.40. The van der Waals surface area contributed by atoms with Crippen LogP contribution in [0, 0.1) is 0 Å². The van der Waals surface area contributed by atoms with Crippen molar-refractivity contribution >= 4 is 6.47 Å². The second-order valence-corrected chi connectivity index (χ2v) is 2.12. The largest absolute Gasteiger partial charge is 0.462 e. The molecule has 1 aliphatic rings. The molecule has 1 saturated carbocycles. The molecule has 1 aliphatic carbocycles. The quantitative estimate of drug-likeness (QED) is 0.517. The van der Waals surface area contributed by atoms with Crippen LogP contribution < -0.4 is 0 Å². The van der Waals surface area contributed by atoms with Gasteiger partial charge in [-0.25, -0.2) is 0 Å². The van der Waals surface area contributed by atoms with Crippen LogP contribution in [0.4, 0.5) is 0 Å². The molecule has 0 aromatic carbocycles. The van der Waals surface area contributed by atoms with Crippen LogP contribution in [0.25, 0.3) is 0 Å². The molecule has 2 atom stereocenters. The summed E-state index contributed by atoms with van der Waals surface area (Å²) in [4.78, 5) is 9.79. The van der Waals surface area contributed by atoms with Crippen molar-refractivity contribution in [2.45, 2.75) is 25.0 Å². The van der Waals surface area contributed by atoms with Crippen LogP contribution in [-0.2, 0) is 14.3 Å². The van der Waals surface area contributed by atoms with E-state index in [1.807, 2.05) is 0 Å². The number of carbonyl (C=O) groups is 1. The molecule has 0 saturated heterocycles. The van der Waals surface area contributed by atoms with Gasteiger partial charge in [-0.1, -0.05) is 0 Å². The molecule has 0 amide bonds. The predicted octanol–water partition coefficient (Wildman–Crippen LogP) is 0.337. The molecule has 0 N–H and O–H groups in total. The number of hydrogen-bond donors (Lipinski definition) is 0. The highest BCUT2D eigenvalue weighted by Crippen LogP contribution is 2.24. The van der Waals surface area contributed by atoms with Gasteiger partial charge in [0.1, 0.15) is 6.10 Å². The Morgan fingerprint density at radius 1 is 1.44 bits per heavy atom. The van der Waals surface area contributed by atoms with Crippen molar-refractivity contribution in [1.29, 1.82) is 0 Å². The van der Waals surface area contributed by atoms with Gasteiger partial charge in [0.2, 0.25) is 0 Å². The molecule has 0 bridgehead atoms. The number of methoxy groups -OCH3 is 1. The Bertz CT molecular complexity index is 100. The third kappa shape index (κ3) is 1.21. The summed E-state index contributed by atoms with van der Waals surface area (Å²) >= 11 is 0. The molecule has 0 radical (unpaired) electrons. The lowest BCUT2D eigenvalue weighted by atomic mass is 9.92. The van der Waals surface area contributed by atoms with Gasteiger partial charge in [0.05, 0.1) is 6.10 Å². The van der Waals surface area contributed by atoms with Crippen LogP contribution in [0.1, 0.15) is 12.8 Å². The Hall–Kier alpha value is -0.570. The molecule has 3 nitrogen and oxygen atoms in total. The third-order valence-electron chi connectivity index (χ3n) is 1.68. The zero-order valence-corrected chi connectivity index (χ0v) is 5.37. The molecular weight excluding hydrogens is 120 g/mol. The second-order valence-electron chi connectivity index (χ2n) is 2.12. The monoisotopic (exact) mass is 130 g/mol. The van der Waals surface area contributed by atoms with E-state index in [-0.39, 0.29) is 12.2 Å². The minimum Gasteiger partial charge on any atom is -0.462 e. The van der Waals surface area contributed by atoms with E-state index in [1.165, 1.54) is 0 Å². The molecule has 0 heterocycles. The van der Waals surface area contributed by atoms with Crippen molar-refractivity contribution in [2.75, 3.05) is 7.11 Å². The molecule has 0 spiro atoms. The molecule has 9 heavy (non-hydrogen) atoms. The molecule has 0 aromatic rings. The van der Waals surface area contributed by atoms with Gasteiger partial charge >= 0.3 is 0 Å². The van der Waals surface area contributed by atoms with Crippen molar-refractivity contribution in [3.8, 4) is 0 Å². The summed E-state index contributed by atoms with van der Waals surface area (Å²) in [6.07, 6.45) is 2.12. The van der Waals surface area contributed by atoms with E-state index >= 15 is 0 Å². The maximum Gasteiger partial charge on any atom is 0.293 e. The fraction of sp³-hybridized carbons (Fsp3) is 0.833. The zero-order valence-electron chi connectivity index (χ0n) is 5.37. The van der Waals surface area contributed by atoms with Crippen LogP contribution >= 0.6 is 0 Å². The van der Waals surface area contributed by atoms with E-state index in [0.717, 1.165) is 12.8 Å². The molecule has 2 unspecified atom stereocenters. The van der Waals surface area contributed by atoms with Gasteiger partial charge in [-0.2, -0.15) is 0 Å². The van der Waals surface area contributed by atoms with E-state index in [1.54, 1.807) is 7.11 Å². The Morgan fingerprint density at radius 2 is 2.11 bits per heavy atom. The minimum absolute atomic E-state index is 0.0208. The van der Waals surface area contributed by atoms with Crippen LogP contribution in [-0.4, -0.2) is 25.8 Å². The van der Waals surface area contributed by atoms with Gasteiger partial charge in [-0.3, -0.25) is 4.79 Å². The Kier molecular flexibility index (Phi) is 2.05. The number of ether oxygens (including phenoxy) is 2. The predicted molar refractivity (Wildman–Crippen MR) is 31.0 cm³/mol. The molecular formula is C6H10O3. The van der Waals surface area contributed by atoms with Crippen molar-refractivity contribution in [2.24, 2.45) is 0 Å². The molecule has 1 rings (SSSR count). The number of hydrogen-bond acceptors (Lipinski definition) is 3. The maximum absolute atomic E-state index is 9.79.